The molecular weight excluding hydrogens is 440 g/mol. The molecule has 1 aromatic carbocycles. The van der Waals surface area contributed by atoms with E-state index in [2.05, 4.69) is 5.32 Å². The molecule has 9 heteroatoms. The molecule has 3 rings (SSSR count). The number of hydrogen-bond donors (Lipinski definition) is 1. The molecule has 0 saturated carbocycles. The predicted molar refractivity (Wildman–Crippen MR) is 113 cm³/mol. The number of hydrogen-bond acceptors (Lipinski definition) is 3. The molecule has 162 valence electrons. The Morgan fingerprint density at radius 1 is 1.03 bits per heavy atom. The Kier molecular flexibility index (Phi) is 7.85. The van der Waals surface area contributed by atoms with Crippen LogP contribution in [-0.4, -0.2) is 4.57 Å². The van der Waals surface area contributed by atoms with Crippen molar-refractivity contribution in [2.75, 3.05) is 0 Å². The van der Waals surface area contributed by atoms with Gasteiger partial charge in [0.25, 0.3) is 5.56 Å². The van der Waals surface area contributed by atoms with Crippen LogP contribution >= 0.6 is 23.7 Å². The van der Waals surface area contributed by atoms with Crippen LogP contribution in [0.3, 0.4) is 0 Å². The van der Waals surface area contributed by atoms with Gasteiger partial charge < -0.3 is 5.32 Å². The molecule has 0 aliphatic heterocycles. The van der Waals surface area contributed by atoms with E-state index in [0.717, 1.165) is 27.2 Å². The third-order valence-corrected chi connectivity index (χ3v) is 5.67. The Morgan fingerprint density at radius 2 is 1.77 bits per heavy atom. The summed E-state index contributed by atoms with van der Waals surface area (Å²) in [6, 6.07) is 10.7. The van der Waals surface area contributed by atoms with Crippen LogP contribution in [0.5, 0.6) is 0 Å². The Morgan fingerprint density at radius 3 is 2.43 bits per heavy atom. The number of nitrogens with zero attached hydrogens (tertiary/aromatic N) is 1. The number of aromatic nitrogens is 1. The largest absolute Gasteiger partial charge is 0.419 e. The number of rotatable bonds is 6. The summed E-state index contributed by atoms with van der Waals surface area (Å²) in [6.07, 6.45) is -4.08. The molecule has 2 heterocycles. The van der Waals surface area contributed by atoms with E-state index in [1.54, 1.807) is 4.57 Å². The Labute approximate surface area is 181 Å². The first-order chi connectivity index (χ1) is 13.7. The van der Waals surface area contributed by atoms with Crippen LogP contribution in [0.1, 0.15) is 34.2 Å². The molecule has 0 amide bonds. The normalized spacial score (nSPS) is 11.4. The number of halogens is 5. The van der Waals surface area contributed by atoms with Crippen LogP contribution in [0.15, 0.2) is 47.3 Å². The highest BCUT2D eigenvalue weighted by molar-refractivity contribution is 7.14. The molecule has 3 nitrogen and oxygen atoms in total. The minimum absolute atomic E-state index is 0. The van der Waals surface area contributed by atoms with Gasteiger partial charge in [-0.05, 0) is 37.6 Å². The average Bonchev–Trinajstić information content (AvgIpc) is 3.11. The molecule has 0 saturated heterocycles. The lowest BCUT2D eigenvalue weighted by Crippen LogP contribution is -2.22. The summed E-state index contributed by atoms with van der Waals surface area (Å²) in [5.41, 5.74) is 0.184. The maximum absolute atomic E-state index is 14.1. The molecule has 0 bridgehead atoms. The zero-order valence-electron chi connectivity index (χ0n) is 16.3. The summed E-state index contributed by atoms with van der Waals surface area (Å²) in [5, 5.41) is 3.74. The van der Waals surface area contributed by atoms with Crippen LogP contribution in [0.4, 0.5) is 17.6 Å². The van der Waals surface area contributed by atoms with E-state index < -0.39 is 17.6 Å². The van der Waals surface area contributed by atoms with Crippen LogP contribution in [-0.2, 0) is 25.7 Å². The lowest BCUT2D eigenvalue weighted by atomic mass is 10.1. The molecule has 0 fully saturated rings. The SMILES string of the molecule is CCc1ccc(C)n(-c2ccc(CNCc3cccc(C(F)(F)F)c3F)s2)c1=O.Cl. The molecule has 2 aromatic heterocycles. The van der Waals surface area contributed by atoms with E-state index in [0.29, 0.717) is 13.0 Å². The fourth-order valence-electron chi connectivity index (χ4n) is 3.05. The number of aryl methyl sites for hydroxylation is 2. The second-order valence-electron chi connectivity index (χ2n) is 6.61. The zero-order valence-corrected chi connectivity index (χ0v) is 18.0. The van der Waals surface area contributed by atoms with E-state index in [9.17, 15) is 22.4 Å². The highest BCUT2D eigenvalue weighted by Crippen LogP contribution is 2.32. The van der Waals surface area contributed by atoms with E-state index in [1.165, 1.54) is 23.5 Å². The molecule has 0 spiro atoms. The topological polar surface area (TPSA) is 34.0 Å². The Hall–Kier alpha value is -2.16. The maximum Gasteiger partial charge on any atom is 0.419 e. The van der Waals surface area contributed by atoms with E-state index >= 15 is 0 Å². The maximum atomic E-state index is 14.1. The van der Waals surface area contributed by atoms with Crippen molar-refractivity contribution in [1.82, 2.24) is 9.88 Å². The first kappa shape index (κ1) is 24.1. The third-order valence-electron chi connectivity index (χ3n) is 4.60. The second kappa shape index (κ2) is 9.76. The van der Waals surface area contributed by atoms with Gasteiger partial charge in [-0.1, -0.05) is 25.1 Å². The fraction of sp³-hybridized carbons (Fsp3) is 0.286. The molecular formula is C21H21ClF4N2OS. The van der Waals surface area contributed by atoms with Gasteiger partial charge in [0.15, 0.2) is 0 Å². The quantitative estimate of drug-likeness (QED) is 0.483. The van der Waals surface area contributed by atoms with Crippen molar-refractivity contribution in [3.05, 3.63) is 85.9 Å². The van der Waals surface area contributed by atoms with E-state index in [4.69, 9.17) is 0 Å². The average molecular weight is 461 g/mol. The number of nitrogens with one attached hydrogen (secondary N) is 1. The van der Waals surface area contributed by atoms with Gasteiger partial charge in [0.2, 0.25) is 0 Å². The number of thiophene rings is 1. The Balaban J connectivity index is 0.00000320. The van der Waals surface area contributed by atoms with Gasteiger partial charge in [0, 0.05) is 34.8 Å². The van der Waals surface area contributed by atoms with E-state index in [1.807, 2.05) is 38.1 Å². The van der Waals surface area contributed by atoms with Gasteiger partial charge in [0.05, 0.1) is 5.56 Å². The van der Waals surface area contributed by atoms with Crippen molar-refractivity contribution in [3.63, 3.8) is 0 Å². The standard InChI is InChI=1S/C21H20F4N2OS.ClH/c1-3-14-8-7-13(2)27(20(14)28)18-10-9-16(29-18)12-26-11-15-5-4-6-17(19(15)22)21(23,24)25;/h4-10,26H,3,11-12H2,1-2H3;1H. The molecule has 1 N–H and O–H groups in total. The molecule has 0 atom stereocenters. The summed E-state index contributed by atoms with van der Waals surface area (Å²) in [6.45, 7) is 4.09. The highest BCUT2D eigenvalue weighted by atomic mass is 35.5. The van der Waals surface area contributed by atoms with Gasteiger partial charge >= 0.3 is 6.18 Å². The number of pyridine rings is 1. The van der Waals surface area contributed by atoms with Crippen LogP contribution in [0.2, 0.25) is 0 Å². The molecule has 3 aromatic rings. The zero-order chi connectivity index (χ0) is 21.2. The van der Waals surface area contributed by atoms with Crippen molar-refractivity contribution in [2.24, 2.45) is 0 Å². The fourth-order valence-corrected chi connectivity index (χ4v) is 4.08. The number of benzene rings is 1. The van der Waals surface area contributed by atoms with Gasteiger partial charge in [-0.3, -0.25) is 9.36 Å². The first-order valence-electron chi connectivity index (χ1n) is 9.08. The molecule has 0 radical (unpaired) electrons. The summed E-state index contributed by atoms with van der Waals surface area (Å²) in [4.78, 5) is 13.5. The van der Waals surface area contributed by atoms with Gasteiger partial charge in [0.1, 0.15) is 10.8 Å². The highest BCUT2D eigenvalue weighted by Gasteiger charge is 2.34. The van der Waals surface area contributed by atoms with Gasteiger partial charge in [-0.2, -0.15) is 13.2 Å². The Bertz CT molecular complexity index is 1080. The minimum Gasteiger partial charge on any atom is -0.308 e. The predicted octanol–water partition coefficient (Wildman–Crippen LogP) is 5.64. The monoisotopic (exact) mass is 460 g/mol. The summed E-state index contributed by atoms with van der Waals surface area (Å²) >= 11 is 1.41. The van der Waals surface area contributed by atoms with Crippen LogP contribution in [0, 0.1) is 12.7 Å². The number of alkyl halides is 3. The van der Waals surface area contributed by atoms with Crippen molar-refractivity contribution in [3.8, 4) is 5.00 Å². The van der Waals surface area contributed by atoms with Gasteiger partial charge in [-0.25, -0.2) is 4.39 Å². The molecule has 30 heavy (non-hydrogen) atoms. The van der Waals surface area contributed by atoms with E-state index in [-0.39, 0.29) is 30.1 Å². The van der Waals surface area contributed by atoms with Crippen LogP contribution < -0.4 is 10.9 Å². The minimum atomic E-state index is -4.72. The van der Waals surface area contributed by atoms with Gasteiger partial charge in [-0.15, -0.1) is 23.7 Å². The smallest absolute Gasteiger partial charge is 0.308 e. The summed E-state index contributed by atoms with van der Waals surface area (Å²) in [7, 11) is 0. The molecule has 0 aliphatic rings. The lowest BCUT2D eigenvalue weighted by Gasteiger charge is -2.11. The summed E-state index contributed by atoms with van der Waals surface area (Å²) < 4.78 is 54.2. The summed E-state index contributed by atoms with van der Waals surface area (Å²) in [5.74, 6) is -1.25. The second-order valence-corrected chi connectivity index (χ2v) is 7.76. The molecule has 0 aliphatic carbocycles. The third kappa shape index (κ3) is 5.11. The van der Waals surface area contributed by atoms with Crippen LogP contribution in [0.25, 0.3) is 5.00 Å². The van der Waals surface area contributed by atoms with Crippen molar-refractivity contribution < 1.29 is 17.6 Å². The lowest BCUT2D eigenvalue weighted by molar-refractivity contribution is -0.140. The van der Waals surface area contributed by atoms with Crippen molar-refractivity contribution >= 4 is 23.7 Å². The first-order valence-corrected chi connectivity index (χ1v) is 9.90. The molecule has 0 unspecified atom stereocenters. The van der Waals surface area contributed by atoms with Crippen molar-refractivity contribution in [2.45, 2.75) is 39.5 Å². The van der Waals surface area contributed by atoms with Crippen molar-refractivity contribution in [1.29, 1.82) is 0 Å².